The monoisotopic (exact) mass is 415 g/mol. The van der Waals surface area contributed by atoms with Crippen molar-refractivity contribution in [2.75, 3.05) is 17.2 Å². The summed E-state index contributed by atoms with van der Waals surface area (Å²) < 4.78 is 11.5. The van der Waals surface area contributed by atoms with Crippen molar-refractivity contribution in [3.63, 3.8) is 0 Å². The lowest BCUT2D eigenvalue weighted by Gasteiger charge is -2.12. The molecule has 1 aromatic heterocycles. The third-order valence-corrected chi connectivity index (χ3v) is 4.41. The fourth-order valence-corrected chi connectivity index (χ4v) is 3.10. The molecular weight excluding hydrogens is 394 g/mol. The van der Waals surface area contributed by atoms with Crippen molar-refractivity contribution in [1.29, 1.82) is 0 Å². The Balaban J connectivity index is 1.56. The lowest BCUT2D eigenvalue weighted by Crippen LogP contribution is -2.19. The van der Waals surface area contributed by atoms with Gasteiger partial charge in [0.25, 0.3) is 0 Å². The predicted molar refractivity (Wildman–Crippen MR) is 120 cm³/mol. The van der Waals surface area contributed by atoms with E-state index in [2.05, 4.69) is 20.6 Å². The van der Waals surface area contributed by atoms with E-state index in [-0.39, 0.29) is 0 Å². The summed E-state index contributed by atoms with van der Waals surface area (Å²) in [5.74, 6) is 2.17. The molecule has 0 saturated carbocycles. The average molecular weight is 415 g/mol. The second-order valence-corrected chi connectivity index (χ2v) is 6.55. The van der Waals surface area contributed by atoms with Gasteiger partial charge in [-0.1, -0.05) is 24.3 Å². The zero-order valence-electron chi connectivity index (χ0n) is 16.8. The van der Waals surface area contributed by atoms with Crippen LogP contribution in [0.2, 0.25) is 0 Å². The molecule has 0 radical (unpaired) electrons. The Kier molecular flexibility index (Phi) is 5.79. The van der Waals surface area contributed by atoms with Gasteiger partial charge in [0.15, 0.2) is 0 Å². The number of benzene rings is 3. The van der Waals surface area contributed by atoms with Gasteiger partial charge in [-0.25, -0.2) is 9.78 Å². The van der Waals surface area contributed by atoms with Crippen LogP contribution >= 0.6 is 0 Å². The fourth-order valence-electron chi connectivity index (χ4n) is 3.10. The highest BCUT2D eigenvalue weighted by Crippen LogP contribution is 2.34. The van der Waals surface area contributed by atoms with Crippen LogP contribution in [0.3, 0.4) is 0 Å². The molecule has 1 heterocycles. The third-order valence-electron chi connectivity index (χ3n) is 4.41. The minimum Gasteiger partial charge on any atom is -0.494 e. The van der Waals surface area contributed by atoms with Gasteiger partial charge >= 0.3 is 6.03 Å². The van der Waals surface area contributed by atoms with Crippen LogP contribution in [0.25, 0.3) is 10.8 Å². The Hall–Kier alpha value is -4.33. The number of amides is 2. The summed E-state index contributed by atoms with van der Waals surface area (Å²) in [4.78, 5) is 20.0. The van der Waals surface area contributed by atoms with Crippen molar-refractivity contribution in [3.8, 4) is 17.4 Å². The van der Waals surface area contributed by atoms with Gasteiger partial charge in [0.2, 0.25) is 11.8 Å². The van der Waals surface area contributed by atoms with E-state index in [1.807, 2.05) is 55.5 Å². The smallest absolute Gasteiger partial charge is 0.316 e. The first-order chi connectivity index (χ1) is 15.1. The third kappa shape index (κ3) is 4.81. The Bertz CT molecular complexity index is 1210. The molecule has 0 atom stereocenters. The molecule has 4 aromatic rings. The van der Waals surface area contributed by atoms with Crippen LogP contribution in [0.1, 0.15) is 6.92 Å². The average Bonchev–Trinajstić information content (AvgIpc) is 2.77. The number of hydrogen-bond acceptors (Lipinski definition) is 6. The van der Waals surface area contributed by atoms with E-state index in [1.54, 1.807) is 24.4 Å². The number of nitrogens with two attached hydrogens (primary N) is 1. The van der Waals surface area contributed by atoms with Crippen LogP contribution in [-0.4, -0.2) is 22.6 Å². The van der Waals surface area contributed by atoms with Gasteiger partial charge in [-0.05, 0) is 43.3 Å². The van der Waals surface area contributed by atoms with E-state index in [4.69, 9.17) is 15.2 Å². The highest BCUT2D eigenvalue weighted by Gasteiger charge is 2.10. The molecule has 8 nitrogen and oxygen atoms in total. The number of aromatic nitrogens is 2. The maximum absolute atomic E-state index is 11.3. The second kappa shape index (κ2) is 9.00. The van der Waals surface area contributed by atoms with Crippen molar-refractivity contribution < 1.29 is 14.3 Å². The number of carbonyl (C=O) groups is 1. The first kappa shape index (κ1) is 20.0. The number of nitrogens with zero attached hydrogens (tertiary/aromatic N) is 2. The minimum atomic E-state index is -0.625. The van der Waals surface area contributed by atoms with E-state index in [9.17, 15) is 4.79 Å². The lowest BCUT2D eigenvalue weighted by molar-refractivity contribution is 0.259. The van der Waals surface area contributed by atoms with Crippen molar-refractivity contribution in [1.82, 2.24) is 9.97 Å². The molecule has 31 heavy (non-hydrogen) atoms. The Morgan fingerprint density at radius 2 is 1.77 bits per heavy atom. The number of nitrogens with one attached hydrogen (secondary N) is 2. The number of ether oxygens (including phenoxy) is 2. The van der Waals surface area contributed by atoms with E-state index in [0.717, 1.165) is 22.2 Å². The van der Waals surface area contributed by atoms with Gasteiger partial charge in [-0.2, -0.15) is 4.98 Å². The normalized spacial score (nSPS) is 10.5. The molecule has 0 aliphatic carbocycles. The zero-order valence-corrected chi connectivity index (χ0v) is 16.8. The van der Waals surface area contributed by atoms with Crippen LogP contribution in [0.5, 0.6) is 17.4 Å². The summed E-state index contributed by atoms with van der Waals surface area (Å²) in [6.07, 6.45) is 1.62. The van der Waals surface area contributed by atoms with E-state index in [1.165, 1.54) is 0 Å². The molecule has 0 saturated heterocycles. The van der Waals surface area contributed by atoms with Gasteiger partial charge in [0.05, 0.1) is 12.3 Å². The van der Waals surface area contributed by atoms with Crippen LogP contribution in [0.15, 0.2) is 72.9 Å². The molecule has 2 amide bonds. The van der Waals surface area contributed by atoms with Gasteiger partial charge in [-0.3, -0.25) is 0 Å². The predicted octanol–water partition coefficient (Wildman–Crippen LogP) is 5.06. The van der Waals surface area contributed by atoms with Crippen LogP contribution in [0, 0.1) is 0 Å². The summed E-state index contributed by atoms with van der Waals surface area (Å²) in [6, 6.07) is 19.6. The van der Waals surface area contributed by atoms with Crippen molar-refractivity contribution >= 4 is 34.1 Å². The number of fused-ring (bicyclic) bond motifs is 1. The van der Waals surface area contributed by atoms with E-state index in [0.29, 0.717) is 29.9 Å². The Labute approximate surface area is 179 Å². The Morgan fingerprint density at radius 3 is 2.52 bits per heavy atom. The molecule has 0 fully saturated rings. The molecule has 0 aliphatic heterocycles. The quantitative estimate of drug-likeness (QED) is 0.389. The molecule has 4 rings (SSSR count). The SMILES string of the molecule is CCOc1ccc(Nc2nccc(Oc3ccc(NC(N)=O)c4ccccc34)n2)cc1. The zero-order chi connectivity index (χ0) is 21.6. The number of urea groups is 1. The molecule has 0 unspecified atom stereocenters. The fraction of sp³-hybridized carbons (Fsp3) is 0.0870. The van der Waals surface area contributed by atoms with Gasteiger partial charge in [0.1, 0.15) is 11.5 Å². The lowest BCUT2D eigenvalue weighted by atomic mass is 10.1. The molecule has 0 spiro atoms. The first-order valence-corrected chi connectivity index (χ1v) is 9.71. The number of primary amides is 1. The molecule has 0 bridgehead atoms. The number of hydrogen-bond donors (Lipinski definition) is 3. The summed E-state index contributed by atoms with van der Waals surface area (Å²) >= 11 is 0. The summed E-state index contributed by atoms with van der Waals surface area (Å²) in [7, 11) is 0. The topological polar surface area (TPSA) is 111 Å². The first-order valence-electron chi connectivity index (χ1n) is 9.71. The van der Waals surface area contributed by atoms with Gasteiger partial charge in [-0.15, -0.1) is 0 Å². The Morgan fingerprint density at radius 1 is 1.00 bits per heavy atom. The molecule has 8 heteroatoms. The highest BCUT2D eigenvalue weighted by atomic mass is 16.5. The number of carbonyl (C=O) groups excluding carboxylic acids is 1. The van der Waals surface area contributed by atoms with E-state index >= 15 is 0 Å². The highest BCUT2D eigenvalue weighted by molar-refractivity contribution is 6.03. The second-order valence-electron chi connectivity index (χ2n) is 6.55. The van der Waals surface area contributed by atoms with Gasteiger partial charge in [0, 0.05) is 28.7 Å². The van der Waals surface area contributed by atoms with Crippen LogP contribution in [-0.2, 0) is 0 Å². The summed E-state index contributed by atoms with van der Waals surface area (Å²) in [6.45, 7) is 2.56. The number of anilines is 3. The summed E-state index contributed by atoms with van der Waals surface area (Å²) in [5, 5.41) is 7.39. The minimum absolute atomic E-state index is 0.379. The molecule has 156 valence electrons. The maximum atomic E-state index is 11.3. The maximum Gasteiger partial charge on any atom is 0.316 e. The van der Waals surface area contributed by atoms with Crippen LogP contribution in [0.4, 0.5) is 22.1 Å². The van der Waals surface area contributed by atoms with E-state index < -0.39 is 6.03 Å². The van der Waals surface area contributed by atoms with Gasteiger partial charge < -0.3 is 25.8 Å². The number of rotatable bonds is 7. The van der Waals surface area contributed by atoms with Crippen LogP contribution < -0.4 is 25.8 Å². The molecule has 3 aromatic carbocycles. The molecule has 4 N–H and O–H groups in total. The summed E-state index contributed by atoms with van der Waals surface area (Å²) in [5.41, 5.74) is 6.70. The largest absolute Gasteiger partial charge is 0.494 e. The molecule has 0 aliphatic rings. The standard InChI is InChI=1S/C23H21N5O3/c1-2-30-16-9-7-15(8-10-16)26-23-25-14-13-21(28-23)31-20-12-11-19(27-22(24)29)17-5-3-4-6-18(17)20/h3-14H,2H2,1H3,(H3,24,27,29)(H,25,26,28). The van der Waals surface area contributed by atoms with Crippen molar-refractivity contribution in [3.05, 3.63) is 72.9 Å². The van der Waals surface area contributed by atoms with Crippen molar-refractivity contribution in [2.24, 2.45) is 5.73 Å². The van der Waals surface area contributed by atoms with Crippen molar-refractivity contribution in [2.45, 2.75) is 6.92 Å². The molecular formula is C23H21N5O3.